The van der Waals surface area contributed by atoms with E-state index in [-0.39, 0.29) is 15.9 Å². The second-order valence-corrected chi connectivity index (χ2v) is 5.83. The van der Waals surface area contributed by atoms with Crippen LogP contribution in [0.5, 0.6) is 0 Å². The summed E-state index contributed by atoms with van der Waals surface area (Å²) in [6.45, 7) is 1.62. The highest BCUT2D eigenvalue weighted by Crippen LogP contribution is 2.24. The number of carbonyl (C=O) groups excluding carboxylic acids is 2. The summed E-state index contributed by atoms with van der Waals surface area (Å²) in [5.74, 6) is -0.848. The molecule has 0 bridgehead atoms. The molecule has 11 heteroatoms. The van der Waals surface area contributed by atoms with Crippen LogP contribution < -0.4 is 22.3 Å². The van der Waals surface area contributed by atoms with E-state index in [0.29, 0.717) is 11.1 Å². The summed E-state index contributed by atoms with van der Waals surface area (Å²) in [6, 6.07) is 5.82. The number of hydrogen-bond donors (Lipinski definition) is 4. The maximum absolute atomic E-state index is 12.6. The highest BCUT2D eigenvalue weighted by molar-refractivity contribution is 7.80. The number of nitrogens with one attached hydrogen (secondary N) is 2. The van der Waals surface area contributed by atoms with Crippen LogP contribution in [0.3, 0.4) is 0 Å². The van der Waals surface area contributed by atoms with Crippen molar-refractivity contribution in [3.63, 3.8) is 0 Å². The molecule has 1 aromatic carbocycles. The van der Waals surface area contributed by atoms with E-state index in [9.17, 15) is 9.59 Å². The SMILES string of the molecule is C[C@@H](C(/C=N/NC(N)=S)=N\NC(N)=S)N1C(=O)c2ccccc2C1=O. The third kappa shape index (κ3) is 4.14. The van der Waals surface area contributed by atoms with Gasteiger partial charge in [-0.3, -0.25) is 25.3 Å². The molecule has 0 radical (unpaired) electrons. The zero-order chi connectivity index (χ0) is 18.6. The fourth-order valence-corrected chi connectivity index (χ4v) is 2.30. The Bertz CT molecular complexity index is 771. The van der Waals surface area contributed by atoms with Crippen molar-refractivity contribution in [1.82, 2.24) is 15.8 Å². The fourth-order valence-electron chi connectivity index (χ4n) is 2.20. The molecule has 0 aliphatic carbocycles. The number of carbonyl (C=O) groups is 2. The summed E-state index contributed by atoms with van der Waals surface area (Å²) < 4.78 is 0. The first-order valence-electron chi connectivity index (χ1n) is 7.01. The number of amides is 2. The number of imide groups is 1. The minimum absolute atomic E-state index is 0.0497. The standard InChI is InChI=1S/C14H15N7O2S2/c1-7(10(18-20-14(16)25)6-17-19-13(15)24)21-11(22)8-4-2-3-5-9(8)12(21)23/h2-7H,1H3,(H3,15,19,24)(H3,16,20,25)/b17-6+,18-10-/t7-/m0/s1. The van der Waals surface area contributed by atoms with Gasteiger partial charge in [-0.05, 0) is 43.5 Å². The molecule has 0 unspecified atom stereocenters. The second-order valence-electron chi connectivity index (χ2n) is 4.95. The molecule has 1 aromatic rings. The monoisotopic (exact) mass is 377 g/mol. The van der Waals surface area contributed by atoms with E-state index in [1.54, 1.807) is 31.2 Å². The third-order valence-corrected chi connectivity index (χ3v) is 3.49. The molecule has 0 fully saturated rings. The van der Waals surface area contributed by atoms with Gasteiger partial charge in [-0.25, -0.2) is 0 Å². The van der Waals surface area contributed by atoms with Gasteiger partial charge < -0.3 is 11.5 Å². The topological polar surface area (TPSA) is 138 Å². The van der Waals surface area contributed by atoms with Crippen molar-refractivity contribution in [3.8, 4) is 0 Å². The summed E-state index contributed by atoms with van der Waals surface area (Å²) in [5, 5.41) is 7.64. The van der Waals surface area contributed by atoms with E-state index >= 15 is 0 Å². The van der Waals surface area contributed by atoms with Crippen LogP contribution in [-0.4, -0.2) is 44.9 Å². The van der Waals surface area contributed by atoms with Crippen LogP contribution in [0.25, 0.3) is 0 Å². The number of thiocarbonyl (C=S) groups is 2. The normalized spacial score (nSPS) is 15.2. The summed E-state index contributed by atoms with van der Waals surface area (Å²) in [4.78, 5) is 26.2. The molecule has 130 valence electrons. The van der Waals surface area contributed by atoms with E-state index in [0.717, 1.165) is 4.90 Å². The van der Waals surface area contributed by atoms with Gasteiger partial charge in [0.1, 0.15) is 5.71 Å². The van der Waals surface area contributed by atoms with Crippen LogP contribution in [0, 0.1) is 0 Å². The van der Waals surface area contributed by atoms with E-state index in [2.05, 4.69) is 33.3 Å². The van der Waals surface area contributed by atoms with Gasteiger partial charge in [-0.1, -0.05) is 12.1 Å². The average Bonchev–Trinajstić information content (AvgIpc) is 2.81. The first-order valence-corrected chi connectivity index (χ1v) is 7.83. The van der Waals surface area contributed by atoms with Crippen LogP contribution in [0.2, 0.25) is 0 Å². The van der Waals surface area contributed by atoms with Crippen LogP contribution in [0.4, 0.5) is 0 Å². The molecule has 9 nitrogen and oxygen atoms in total. The number of rotatable bonds is 5. The largest absolute Gasteiger partial charge is 0.375 e. The fraction of sp³-hybridized carbons (Fsp3) is 0.143. The predicted molar refractivity (Wildman–Crippen MR) is 102 cm³/mol. The molecule has 2 amide bonds. The van der Waals surface area contributed by atoms with Gasteiger partial charge in [-0.2, -0.15) is 10.2 Å². The van der Waals surface area contributed by atoms with Gasteiger partial charge in [0, 0.05) is 0 Å². The molecule has 1 aliphatic heterocycles. The zero-order valence-electron chi connectivity index (χ0n) is 13.1. The maximum Gasteiger partial charge on any atom is 0.262 e. The van der Waals surface area contributed by atoms with E-state index in [1.165, 1.54) is 6.21 Å². The summed E-state index contributed by atoms with van der Waals surface area (Å²) in [7, 11) is 0. The quantitative estimate of drug-likeness (QED) is 0.237. The van der Waals surface area contributed by atoms with Crippen molar-refractivity contribution >= 4 is 58.4 Å². The lowest BCUT2D eigenvalue weighted by atomic mass is 10.1. The Morgan fingerprint density at radius 3 is 2.12 bits per heavy atom. The highest BCUT2D eigenvalue weighted by atomic mass is 32.1. The lowest BCUT2D eigenvalue weighted by Gasteiger charge is -2.22. The molecule has 1 aliphatic rings. The smallest absolute Gasteiger partial charge is 0.262 e. The van der Waals surface area contributed by atoms with E-state index in [4.69, 9.17) is 23.7 Å². The number of fused-ring (bicyclic) bond motifs is 1. The first kappa shape index (κ1) is 18.4. The summed E-state index contributed by atoms with van der Waals surface area (Å²) in [5.41, 5.74) is 16.3. The molecule has 1 atom stereocenters. The van der Waals surface area contributed by atoms with Gasteiger partial charge in [0.05, 0.1) is 23.4 Å². The minimum Gasteiger partial charge on any atom is -0.375 e. The second kappa shape index (κ2) is 7.77. The number of benzene rings is 1. The molecule has 6 N–H and O–H groups in total. The summed E-state index contributed by atoms with van der Waals surface area (Å²) in [6.07, 6.45) is 1.26. The molecule has 0 saturated heterocycles. The molecule has 0 saturated carbocycles. The Morgan fingerprint density at radius 2 is 1.64 bits per heavy atom. The molecular weight excluding hydrogens is 362 g/mol. The molecule has 0 aromatic heterocycles. The van der Waals surface area contributed by atoms with Crippen molar-refractivity contribution < 1.29 is 9.59 Å². The van der Waals surface area contributed by atoms with Crippen molar-refractivity contribution in [1.29, 1.82) is 0 Å². The van der Waals surface area contributed by atoms with Crippen molar-refractivity contribution in [3.05, 3.63) is 35.4 Å². The van der Waals surface area contributed by atoms with Crippen molar-refractivity contribution in [2.45, 2.75) is 13.0 Å². The molecular formula is C14H15N7O2S2. The van der Waals surface area contributed by atoms with Gasteiger partial charge in [0.15, 0.2) is 10.2 Å². The Hall–Kier alpha value is -2.92. The summed E-state index contributed by atoms with van der Waals surface area (Å²) >= 11 is 9.35. The van der Waals surface area contributed by atoms with Crippen LogP contribution in [0.1, 0.15) is 27.6 Å². The van der Waals surface area contributed by atoms with Gasteiger partial charge >= 0.3 is 0 Å². The van der Waals surface area contributed by atoms with Crippen LogP contribution in [-0.2, 0) is 0 Å². The molecule has 2 rings (SSSR count). The minimum atomic E-state index is -0.744. The Balaban J connectivity index is 2.31. The van der Waals surface area contributed by atoms with Gasteiger partial charge in [0.2, 0.25) is 0 Å². The molecule has 1 heterocycles. The molecule has 25 heavy (non-hydrogen) atoms. The van der Waals surface area contributed by atoms with E-state index < -0.39 is 17.9 Å². The number of nitrogens with two attached hydrogens (primary N) is 2. The predicted octanol–water partition coefficient (Wildman–Crippen LogP) is -0.321. The lowest BCUT2D eigenvalue weighted by molar-refractivity contribution is 0.0636. The van der Waals surface area contributed by atoms with Crippen molar-refractivity contribution in [2.75, 3.05) is 0 Å². The number of hydrazone groups is 2. The number of hydrogen-bond acceptors (Lipinski definition) is 6. The van der Waals surface area contributed by atoms with E-state index in [1.807, 2.05) is 0 Å². The Labute approximate surface area is 154 Å². The third-order valence-electron chi connectivity index (χ3n) is 3.31. The lowest BCUT2D eigenvalue weighted by Crippen LogP contribution is -2.44. The number of nitrogens with zero attached hydrogens (tertiary/aromatic N) is 3. The zero-order valence-corrected chi connectivity index (χ0v) is 14.7. The van der Waals surface area contributed by atoms with Gasteiger partial charge in [0.25, 0.3) is 11.8 Å². The van der Waals surface area contributed by atoms with Crippen LogP contribution >= 0.6 is 24.4 Å². The highest BCUT2D eigenvalue weighted by Gasteiger charge is 2.39. The molecule has 0 spiro atoms. The first-order chi connectivity index (χ1) is 11.8. The average molecular weight is 377 g/mol. The maximum atomic E-state index is 12.6. The Kier molecular flexibility index (Phi) is 5.72. The Morgan fingerprint density at radius 1 is 1.12 bits per heavy atom. The van der Waals surface area contributed by atoms with Gasteiger partial charge in [-0.15, -0.1) is 0 Å². The van der Waals surface area contributed by atoms with Crippen molar-refractivity contribution in [2.24, 2.45) is 21.7 Å². The van der Waals surface area contributed by atoms with Crippen LogP contribution in [0.15, 0.2) is 34.5 Å².